The van der Waals surface area contributed by atoms with Crippen LogP contribution in [0.5, 0.6) is 0 Å². The molecule has 3 heterocycles. The summed E-state index contributed by atoms with van der Waals surface area (Å²) in [4.78, 5) is 17.0. The maximum absolute atomic E-state index is 13.9. The number of benzene rings is 3. The summed E-state index contributed by atoms with van der Waals surface area (Å²) < 4.78 is 17.5. The number of thioether (sulfide) groups is 1. The van der Waals surface area contributed by atoms with E-state index < -0.39 is 0 Å². The molecule has 3 aromatic carbocycles. The number of aryl methyl sites for hydroxylation is 1. The van der Waals surface area contributed by atoms with E-state index in [1.807, 2.05) is 59.1 Å². The maximum Gasteiger partial charge on any atom is 0.318 e. The van der Waals surface area contributed by atoms with Gasteiger partial charge in [0.05, 0.1) is 29.7 Å². The maximum atomic E-state index is 13.9. The van der Waals surface area contributed by atoms with E-state index in [-0.39, 0.29) is 17.9 Å². The van der Waals surface area contributed by atoms with Crippen LogP contribution in [0.15, 0.2) is 102 Å². The SMILES string of the molecule is CSc1ccc([C@@H]2c3cccn3-c3c(c(C)nn3-c3ccccc3)CN2C(=O)NCc2ccc(F)cc2)cc1. The van der Waals surface area contributed by atoms with E-state index in [1.54, 1.807) is 23.9 Å². The number of fused-ring (bicyclic) bond motifs is 3. The third kappa shape index (κ3) is 4.72. The number of rotatable bonds is 5. The monoisotopic (exact) mass is 537 g/mol. The zero-order chi connectivity index (χ0) is 26.9. The molecule has 1 atom stereocenters. The smallest absolute Gasteiger partial charge is 0.318 e. The van der Waals surface area contributed by atoms with Crippen LogP contribution in [0.25, 0.3) is 11.5 Å². The Morgan fingerprint density at radius 3 is 2.46 bits per heavy atom. The van der Waals surface area contributed by atoms with Crippen molar-refractivity contribution >= 4 is 17.8 Å². The van der Waals surface area contributed by atoms with Crippen molar-refractivity contribution in [2.45, 2.75) is 31.0 Å². The van der Waals surface area contributed by atoms with Gasteiger partial charge < -0.3 is 14.8 Å². The van der Waals surface area contributed by atoms with Crippen molar-refractivity contribution in [1.29, 1.82) is 0 Å². The molecule has 5 aromatic rings. The lowest BCUT2D eigenvalue weighted by Gasteiger charge is -2.31. The Balaban J connectivity index is 1.46. The Bertz CT molecular complexity index is 1610. The molecule has 0 saturated heterocycles. The standard InChI is InChI=1S/C31H28FN5OS/c1-21-27-20-36(31(38)33-19-22-10-14-24(32)15-11-22)29(23-12-16-26(39-2)17-13-23)28-9-6-18-35(28)30(27)37(34-21)25-7-4-3-5-8-25/h3-18,29H,19-20H2,1-2H3,(H,33,38)/t29-/m1/s1. The lowest BCUT2D eigenvalue weighted by Crippen LogP contribution is -2.41. The molecule has 1 N–H and O–H groups in total. The molecule has 8 heteroatoms. The number of nitrogens with zero attached hydrogens (tertiary/aromatic N) is 4. The topological polar surface area (TPSA) is 55.1 Å². The first-order valence-electron chi connectivity index (χ1n) is 12.8. The first-order valence-corrected chi connectivity index (χ1v) is 14.0. The van der Waals surface area contributed by atoms with Gasteiger partial charge in [-0.25, -0.2) is 13.9 Å². The summed E-state index contributed by atoms with van der Waals surface area (Å²) in [7, 11) is 0. The van der Waals surface area contributed by atoms with Gasteiger partial charge in [0, 0.05) is 23.2 Å². The molecule has 2 aromatic heterocycles. The Hall–Kier alpha value is -4.30. The van der Waals surface area contributed by atoms with Gasteiger partial charge in [0.25, 0.3) is 0 Å². The second-order valence-corrected chi connectivity index (χ2v) is 10.4. The van der Waals surface area contributed by atoms with Crippen molar-refractivity contribution in [3.8, 4) is 11.5 Å². The third-order valence-corrected chi connectivity index (χ3v) is 7.88. The van der Waals surface area contributed by atoms with Gasteiger partial charge in [0.1, 0.15) is 11.6 Å². The largest absolute Gasteiger partial charge is 0.334 e. The van der Waals surface area contributed by atoms with E-state index in [0.29, 0.717) is 13.1 Å². The molecule has 1 aliphatic heterocycles. The average Bonchev–Trinajstić information content (AvgIpc) is 3.53. The van der Waals surface area contributed by atoms with Gasteiger partial charge in [-0.05, 0) is 72.8 Å². The van der Waals surface area contributed by atoms with Crippen LogP contribution in [-0.4, -0.2) is 31.5 Å². The fraction of sp³-hybridized carbons (Fsp3) is 0.161. The average molecular weight is 538 g/mol. The quantitative estimate of drug-likeness (QED) is 0.256. The highest BCUT2D eigenvalue weighted by molar-refractivity contribution is 7.98. The molecular formula is C31H28FN5OS. The number of carbonyl (C=O) groups is 1. The zero-order valence-electron chi connectivity index (χ0n) is 21.7. The van der Waals surface area contributed by atoms with Crippen LogP contribution in [0.2, 0.25) is 0 Å². The molecule has 1 aliphatic rings. The number of urea groups is 1. The Morgan fingerprint density at radius 1 is 1.00 bits per heavy atom. The minimum absolute atomic E-state index is 0.203. The second-order valence-electron chi connectivity index (χ2n) is 9.53. The molecule has 2 amide bonds. The molecule has 39 heavy (non-hydrogen) atoms. The molecule has 0 saturated carbocycles. The summed E-state index contributed by atoms with van der Waals surface area (Å²) in [5, 5.41) is 7.97. The molecule has 6 nitrogen and oxygen atoms in total. The molecular weight excluding hydrogens is 509 g/mol. The van der Waals surface area contributed by atoms with Crippen LogP contribution in [0.3, 0.4) is 0 Å². The zero-order valence-corrected chi connectivity index (χ0v) is 22.5. The van der Waals surface area contributed by atoms with Crippen molar-refractivity contribution in [2.75, 3.05) is 6.26 Å². The predicted molar refractivity (Wildman–Crippen MR) is 152 cm³/mol. The molecule has 0 aliphatic carbocycles. The highest BCUT2D eigenvalue weighted by atomic mass is 32.2. The van der Waals surface area contributed by atoms with Gasteiger partial charge >= 0.3 is 6.03 Å². The van der Waals surface area contributed by atoms with E-state index in [0.717, 1.165) is 44.5 Å². The number of nitrogens with one attached hydrogen (secondary N) is 1. The Kier molecular flexibility index (Phi) is 6.70. The Labute approximate surface area is 231 Å². The van der Waals surface area contributed by atoms with Crippen LogP contribution in [0, 0.1) is 12.7 Å². The fourth-order valence-corrected chi connectivity index (χ4v) is 5.58. The number of hydrogen-bond acceptors (Lipinski definition) is 3. The lowest BCUT2D eigenvalue weighted by molar-refractivity contribution is 0.180. The normalized spacial score (nSPS) is 14.4. The molecule has 196 valence electrons. The van der Waals surface area contributed by atoms with Crippen molar-refractivity contribution in [3.63, 3.8) is 0 Å². The molecule has 0 radical (unpaired) electrons. The number of amides is 2. The van der Waals surface area contributed by atoms with E-state index >= 15 is 0 Å². The highest BCUT2D eigenvalue weighted by Crippen LogP contribution is 2.38. The van der Waals surface area contributed by atoms with Gasteiger partial charge in [0.2, 0.25) is 0 Å². The number of para-hydroxylation sites is 1. The van der Waals surface area contributed by atoms with Gasteiger partial charge in [-0.2, -0.15) is 5.10 Å². The van der Waals surface area contributed by atoms with Gasteiger partial charge in [-0.3, -0.25) is 0 Å². The van der Waals surface area contributed by atoms with Crippen LogP contribution >= 0.6 is 11.8 Å². The number of halogens is 1. The van der Waals surface area contributed by atoms with Crippen molar-refractivity contribution in [3.05, 3.63) is 131 Å². The van der Waals surface area contributed by atoms with Crippen molar-refractivity contribution in [2.24, 2.45) is 0 Å². The lowest BCUT2D eigenvalue weighted by atomic mass is 10.0. The first kappa shape index (κ1) is 25.0. The van der Waals surface area contributed by atoms with E-state index in [1.165, 1.54) is 12.1 Å². The minimum Gasteiger partial charge on any atom is -0.334 e. The van der Waals surface area contributed by atoms with Crippen LogP contribution in [0.4, 0.5) is 9.18 Å². The molecule has 0 bridgehead atoms. The van der Waals surface area contributed by atoms with E-state index in [9.17, 15) is 9.18 Å². The summed E-state index contributed by atoms with van der Waals surface area (Å²) in [5.74, 6) is 0.629. The van der Waals surface area contributed by atoms with Crippen LogP contribution in [-0.2, 0) is 13.1 Å². The summed E-state index contributed by atoms with van der Waals surface area (Å²) in [6.45, 7) is 2.66. The van der Waals surface area contributed by atoms with Crippen LogP contribution < -0.4 is 5.32 Å². The van der Waals surface area contributed by atoms with Crippen LogP contribution in [0.1, 0.15) is 34.1 Å². The third-order valence-electron chi connectivity index (χ3n) is 7.14. The summed E-state index contributed by atoms with van der Waals surface area (Å²) in [5.41, 5.74) is 5.63. The molecule has 6 rings (SSSR count). The number of carbonyl (C=O) groups excluding carboxylic acids is 1. The second kappa shape index (κ2) is 10.5. The van der Waals surface area contributed by atoms with E-state index in [4.69, 9.17) is 5.10 Å². The number of hydrogen-bond donors (Lipinski definition) is 1. The highest BCUT2D eigenvalue weighted by Gasteiger charge is 2.35. The fourth-order valence-electron chi connectivity index (χ4n) is 5.17. The summed E-state index contributed by atoms with van der Waals surface area (Å²) in [6, 6.07) is 28.2. The summed E-state index contributed by atoms with van der Waals surface area (Å²) in [6.07, 6.45) is 4.09. The Morgan fingerprint density at radius 2 is 1.74 bits per heavy atom. The van der Waals surface area contributed by atoms with Crippen molar-refractivity contribution < 1.29 is 9.18 Å². The number of aromatic nitrogens is 3. The summed E-state index contributed by atoms with van der Waals surface area (Å²) >= 11 is 1.69. The predicted octanol–water partition coefficient (Wildman–Crippen LogP) is 6.65. The van der Waals surface area contributed by atoms with E-state index in [2.05, 4.69) is 46.5 Å². The van der Waals surface area contributed by atoms with Gasteiger partial charge in [-0.15, -0.1) is 11.8 Å². The van der Waals surface area contributed by atoms with Crippen molar-refractivity contribution in [1.82, 2.24) is 24.6 Å². The first-order chi connectivity index (χ1) is 19.0. The van der Waals surface area contributed by atoms with Gasteiger partial charge in [0.15, 0.2) is 0 Å². The minimum atomic E-state index is -0.333. The van der Waals surface area contributed by atoms with Gasteiger partial charge in [-0.1, -0.05) is 42.5 Å². The molecule has 0 fully saturated rings. The molecule has 0 unspecified atom stereocenters. The molecule has 0 spiro atoms.